The molecule has 0 bridgehead atoms. The van der Waals surface area contributed by atoms with Crippen LogP contribution >= 0.6 is 0 Å². The fourth-order valence-electron chi connectivity index (χ4n) is 2.01. The lowest BCUT2D eigenvalue weighted by molar-refractivity contribution is 0.475. The van der Waals surface area contributed by atoms with Gasteiger partial charge in [-0.05, 0) is 24.3 Å². The topological polar surface area (TPSA) is 77.1 Å². The molecule has 0 atom stereocenters. The van der Waals surface area contributed by atoms with Crippen LogP contribution in [0.3, 0.4) is 0 Å². The van der Waals surface area contributed by atoms with E-state index in [2.05, 4.69) is 25.4 Å². The van der Waals surface area contributed by atoms with E-state index in [1.165, 1.54) is 0 Å². The first-order valence-corrected chi connectivity index (χ1v) is 6.00. The molecule has 0 saturated carbocycles. The molecule has 2 heterocycles. The number of rotatable bonds is 2. The SMILES string of the molecule is Oc1ccc(-c2nc(N3CCNCC3)n[nH]2)cc1. The molecule has 0 unspecified atom stereocenters. The first kappa shape index (κ1) is 11.0. The van der Waals surface area contributed by atoms with Crippen LogP contribution in [0, 0.1) is 0 Å². The molecule has 1 fully saturated rings. The summed E-state index contributed by atoms with van der Waals surface area (Å²) >= 11 is 0. The molecule has 3 rings (SSSR count). The maximum absolute atomic E-state index is 9.25. The Morgan fingerprint density at radius 1 is 1.11 bits per heavy atom. The molecule has 0 spiro atoms. The summed E-state index contributed by atoms with van der Waals surface area (Å²) in [5.74, 6) is 1.71. The van der Waals surface area contributed by atoms with Gasteiger partial charge in [0, 0.05) is 31.7 Å². The molecule has 18 heavy (non-hydrogen) atoms. The maximum Gasteiger partial charge on any atom is 0.245 e. The molecule has 1 aliphatic heterocycles. The summed E-state index contributed by atoms with van der Waals surface area (Å²) in [6.07, 6.45) is 0. The molecule has 2 aromatic rings. The second kappa shape index (κ2) is 4.66. The van der Waals surface area contributed by atoms with Crippen LogP contribution in [0.4, 0.5) is 5.95 Å². The van der Waals surface area contributed by atoms with E-state index in [9.17, 15) is 5.11 Å². The third-order valence-electron chi connectivity index (χ3n) is 3.01. The van der Waals surface area contributed by atoms with Crippen molar-refractivity contribution in [1.82, 2.24) is 20.5 Å². The summed E-state index contributed by atoms with van der Waals surface area (Å²) in [5, 5.41) is 19.7. The van der Waals surface area contributed by atoms with Gasteiger partial charge in [-0.1, -0.05) is 0 Å². The number of aromatic amines is 1. The number of anilines is 1. The predicted molar refractivity (Wildman–Crippen MR) is 68.6 cm³/mol. The van der Waals surface area contributed by atoms with Crippen molar-refractivity contribution >= 4 is 5.95 Å². The molecule has 0 amide bonds. The average Bonchev–Trinajstić information content (AvgIpc) is 2.90. The van der Waals surface area contributed by atoms with Crippen molar-refractivity contribution in [1.29, 1.82) is 0 Å². The Bertz CT molecular complexity index is 516. The Balaban J connectivity index is 1.82. The summed E-state index contributed by atoms with van der Waals surface area (Å²) in [6.45, 7) is 3.77. The fourth-order valence-corrected chi connectivity index (χ4v) is 2.01. The first-order chi connectivity index (χ1) is 8.83. The zero-order valence-corrected chi connectivity index (χ0v) is 9.93. The Morgan fingerprint density at radius 2 is 1.83 bits per heavy atom. The largest absolute Gasteiger partial charge is 0.508 e. The number of phenolic OH excluding ortho intramolecular Hbond substituents is 1. The minimum atomic E-state index is 0.251. The monoisotopic (exact) mass is 245 g/mol. The Kier molecular flexibility index (Phi) is 2.85. The summed E-state index contributed by atoms with van der Waals surface area (Å²) in [7, 11) is 0. The molecule has 6 heteroatoms. The lowest BCUT2D eigenvalue weighted by atomic mass is 10.2. The van der Waals surface area contributed by atoms with Gasteiger partial charge in [-0.2, -0.15) is 4.98 Å². The summed E-state index contributed by atoms with van der Waals surface area (Å²) in [4.78, 5) is 6.63. The van der Waals surface area contributed by atoms with Gasteiger partial charge < -0.3 is 15.3 Å². The summed E-state index contributed by atoms with van der Waals surface area (Å²) in [5.41, 5.74) is 0.918. The summed E-state index contributed by atoms with van der Waals surface area (Å²) in [6, 6.07) is 6.92. The van der Waals surface area contributed by atoms with E-state index in [0.717, 1.165) is 43.5 Å². The Hall–Kier alpha value is -2.08. The molecule has 1 aromatic heterocycles. The molecular formula is C12H15N5O. The molecular weight excluding hydrogens is 230 g/mol. The third kappa shape index (κ3) is 2.14. The van der Waals surface area contributed by atoms with E-state index in [0.29, 0.717) is 0 Å². The van der Waals surface area contributed by atoms with Crippen LogP contribution in [0.1, 0.15) is 0 Å². The third-order valence-corrected chi connectivity index (χ3v) is 3.01. The van der Waals surface area contributed by atoms with Gasteiger partial charge in [-0.25, -0.2) is 0 Å². The van der Waals surface area contributed by atoms with Crippen LogP contribution in [0.25, 0.3) is 11.4 Å². The van der Waals surface area contributed by atoms with Crippen molar-refractivity contribution < 1.29 is 5.11 Å². The van der Waals surface area contributed by atoms with E-state index in [1.54, 1.807) is 12.1 Å². The number of phenols is 1. The van der Waals surface area contributed by atoms with Crippen molar-refractivity contribution in [2.24, 2.45) is 0 Å². The second-order valence-corrected chi connectivity index (χ2v) is 4.27. The van der Waals surface area contributed by atoms with Gasteiger partial charge in [0.1, 0.15) is 5.75 Å². The second-order valence-electron chi connectivity index (χ2n) is 4.27. The minimum Gasteiger partial charge on any atom is -0.508 e. The highest BCUT2D eigenvalue weighted by atomic mass is 16.3. The molecule has 0 aliphatic carbocycles. The Labute approximate surface area is 105 Å². The van der Waals surface area contributed by atoms with Gasteiger partial charge in [-0.3, -0.25) is 5.10 Å². The van der Waals surface area contributed by atoms with Crippen molar-refractivity contribution in [3.05, 3.63) is 24.3 Å². The van der Waals surface area contributed by atoms with Gasteiger partial charge in [0.05, 0.1) is 0 Å². The molecule has 0 radical (unpaired) electrons. The minimum absolute atomic E-state index is 0.251. The lowest BCUT2D eigenvalue weighted by Crippen LogP contribution is -2.44. The van der Waals surface area contributed by atoms with E-state index >= 15 is 0 Å². The lowest BCUT2D eigenvalue weighted by Gasteiger charge is -2.25. The van der Waals surface area contributed by atoms with Crippen LogP contribution in [0.15, 0.2) is 24.3 Å². The molecule has 1 aliphatic rings. The van der Waals surface area contributed by atoms with Crippen LogP contribution in [-0.4, -0.2) is 46.5 Å². The number of aromatic nitrogens is 3. The quantitative estimate of drug-likeness (QED) is 0.721. The number of nitrogens with zero attached hydrogens (tertiary/aromatic N) is 3. The Morgan fingerprint density at radius 3 is 2.56 bits per heavy atom. The van der Waals surface area contributed by atoms with E-state index in [1.807, 2.05) is 12.1 Å². The van der Waals surface area contributed by atoms with Gasteiger partial charge in [0.15, 0.2) is 5.82 Å². The highest BCUT2D eigenvalue weighted by molar-refractivity contribution is 5.57. The first-order valence-electron chi connectivity index (χ1n) is 6.00. The van der Waals surface area contributed by atoms with Crippen molar-refractivity contribution in [3.8, 4) is 17.1 Å². The zero-order chi connectivity index (χ0) is 12.4. The predicted octanol–water partition coefficient (Wildman–Crippen LogP) is 0.587. The molecule has 3 N–H and O–H groups in total. The average molecular weight is 245 g/mol. The molecule has 1 saturated heterocycles. The number of H-pyrrole nitrogens is 1. The van der Waals surface area contributed by atoms with Gasteiger partial charge in [-0.15, -0.1) is 5.10 Å². The van der Waals surface area contributed by atoms with Crippen molar-refractivity contribution in [3.63, 3.8) is 0 Å². The van der Waals surface area contributed by atoms with Crippen LogP contribution in [0.5, 0.6) is 5.75 Å². The van der Waals surface area contributed by atoms with Gasteiger partial charge >= 0.3 is 0 Å². The highest BCUT2D eigenvalue weighted by Crippen LogP contribution is 2.20. The molecule has 6 nitrogen and oxygen atoms in total. The van der Waals surface area contributed by atoms with Crippen molar-refractivity contribution in [2.45, 2.75) is 0 Å². The number of nitrogens with one attached hydrogen (secondary N) is 2. The zero-order valence-electron chi connectivity index (χ0n) is 9.93. The van der Waals surface area contributed by atoms with Gasteiger partial charge in [0.25, 0.3) is 0 Å². The van der Waals surface area contributed by atoms with E-state index < -0.39 is 0 Å². The van der Waals surface area contributed by atoms with Gasteiger partial charge in [0.2, 0.25) is 5.95 Å². The van der Waals surface area contributed by atoms with Crippen LogP contribution < -0.4 is 10.2 Å². The number of hydrogen-bond acceptors (Lipinski definition) is 5. The van der Waals surface area contributed by atoms with Crippen LogP contribution in [0.2, 0.25) is 0 Å². The number of aromatic hydroxyl groups is 1. The van der Waals surface area contributed by atoms with Crippen LogP contribution in [-0.2, 0) is 0 Å². The summed E-state index contributed by atoms with van der Waals surface area (Å²) < 4.78 is 0. The standard InChI is InChI=1S/C12H15N5O/c18-10-3-1-9(2-4-10)11-14-12(16-15-11)17-7-5-13-6-8-17/h1-4,13,18H,5-8H2,(H,14,15,16). The molecule has 1 aromatic carbocycles. The maximum atomic E-state index is 9.25. The number of hydrogen-bond donors (Lipinski definition) is 3. The highest BCUT2D eigenvalue weighted by Gasteiger charge is 2.15. The number of piperazine rings is 1. The van der Waals surface area contributed by atoms with E-state index in [-0.39, 0.29) is 5.75 Å². The smallest absolute Gasteiger partial charge is 0.245 e. The van der Waals surface area contributed by atoms with E-state index in [4.69, 9.17) is 0 Å². The fraction of sp³-hybridized carbons (Fsp3) is 0.333. The normalized spacial score (nSPS) is 15.9. The molecule has 94 valence electrons. The number of benzene rings is 1. The van der Waals surface area contributed by atoms with Crippen molar-refractivity contribution in [2.75, 3.05) is 31.1 Å².